The van der Waals surface area contributed by atoms with E-state index in [1.54, 1.807) is 0 Å². The summed E-state index contributed by atoms with van der Waals surface area (Å²) in [6, 6.07) is 17.7. The Balaban J connectivity index is 2.13. The van der Waals surface area contributed by atoms with Gasteiger partial charge in [-0.25, -0.2) is 9.97 Å². The molecule has 21 heavy (non-hydrogen) atoms. The van der Waals surface area contributed by atoms with Crippen molar-refractivity contribution in [1.82, 2.24) is 9.97 Å². The topological polar surface area (TPSA) is 29.0 Å². The molecule has 0 aliphatic rings. The minimum atomic E-state index is 0.620. The lowest BCUT2D eigenvalue weighted by molar-refractivity contribution is 1.06. The van der Waals surface area contributed by atoms with Crippen LogP contribution in [-0.2, 0) is 0 Å². The molecule has 0 N–H and O–H groups in total. The molecule has 3 aromatic rings. The molecule has 3 nitrogen and oxygen atoms in total. The molecule has 4 heteroatoms. The van der Waals surface area contributed by atoms with Crippen molar-refractivity contribution >= 4 is 28.9 Å². The molecular weight excluding hydrogens is 282 g/mol. The van der Waals surface area contributed by atoms with E-state index in [1.165, 1.54) is 0 Å². The van der Waals surface area contributed by atoms with E-state index in [2.05, 4.69) is 9.97 Å². The predicted molar refractivity (Wildman–Crippen MR) is 86.5 cm³/mol. The molecule has 1 aromatic heterocycles. The van der Waals surface area contributed by atoms with Gasteiger partial charge in [0, 0.05) is 23.1 Å². The van der Waals surface area contributed by atoms with Crippen molar-refractivity contribution in [3.63, 3.8) is 0 Å². The highest BCUT2D eigenvalue weighted by atomic mass is 35.5. The van der Waals surface area contributed by atoms with Gasteiger partial charge in [-0.2, -0.15) is 0 Å². The number of rotatable bonds is 3. The number of nitrogens with zero attached hydrogens (tertiary/aromatic N) is 3. The number of para-hydroxylation sites is 1. The first-order valence-corrected chi connectivity index (χ1v) is 7.01. The number of halogens is 1. The lowest BCUT2D eigenvalue weighted by atomic mass is 10.2. The summed E-state index contributed by atoms with van der Waals surface area (Å²) in [5.41, 5.74) is 2.94. The zero-order valence-corrected chi connectivity index (χ0v) is 12.3. The molecule has 1 heterocycles. The van der Waals surface area contributed by atoms with Crippen molar-refractivity contribution in [2.45, 2.75) is 6.92 Å². The molecule has 2 aromatic carbocycles. The van der Waals surface area contributed by atoms with Crippen LogP contribution in [0.3, 0.4) is 0 Å². The van der Waals surface area contributed by atoms with E-state index in [4.69, 9.17) is 11.6 Å². The highest BCUT2D eigenvalue weighted by Crippen LogP contribution is 2.32. The van der Waals surface area contributed by atoms with Crippen molar-refractivity contribution in [2.24, 2.45) is 0 Å². The second-order valence-corrected chi connectivity index (χ2v) is 5.15. The number of aromatic nitrogens is 2. The van der Waals surface area contributed by atoms with Gasteiger partial charge in [-0.3, -0.25) is 4.90 Å². The van der Waals surface area contributed by atoms with E-state index < -0.39 is 0 Å². The standard InChI is InChI=1S/C17H14ClN3/c1-13-11-19-17(20-12-13)21(15-7-3-2-4-8-15)16-9-5-6-14(18)10-16/h2-12H,1H3. The van der Waals surface area contributed by atoms with Crippen molar-refractivity contribution in [2.75, 3.05) is 4.90 Å². The third kappa shape index (κ3) is 3.03. The largest absolute Gasteiger partial charge is 0.279 e. The normalized spacial score (nSPS) is 10.4. The third-order valence-electron chi connectivity index (χ3n) is 3.05. The predicted octanol–water partition coefficient (Wildman–Crippen LogP) is 4.91. The Morgan fingerprint density at radius 1 is 0.857 bits per heavy atom. The van der Waals surface area contributed by atoms with Gasteiger partial charge in [-0.05, 0) is 42.8 Å². The van der Waals surface area contributed by atoms with Crippen LogP contribution >= 0.6 is 11.6 Å². The van der Waals surface area contributed by atoms with Crippen LogP contribution in [0.5, 0.6) is 0 Å². The van der Waals surface area contributed by atoms with Gasteiger partial charge in [-0.1, -0.05) is 35.9 Å². The monoisotopic (exact) mass is 295 g/mol. The molecule has 0 radical (unpaired) electrons. The first kappa shape index (κ1) is 13.6. The summed E-state index contributed by atoms with van der Waals surface area (Å²) in [5, 5.41) is 0.681. The summed E-state index contributed by atoms with van der Waals surface area (Å²) >= 11 is 6.12. The summed E-state index contributed by atoms with van der Waals surface area (Å²) in [6.07, 6.45) is 3.62. The molecule has 0 saturated carbocycles. The summed E-state index contributed by atoms with van der Waals surface area (Å²) in [7, 11) is 0. The number of hydrogen-bond acceptors (Lipinski definition) is 3. The van der Waals surface area contributed by atoms with Gasteiger partial charge in [0.05, 0.1) is 5.69 Å². The van der Waals surface area contributed by atoms with Crippen molar-refractivity contribution in [3.8, 4) is 0 Å². The fraction of sp³-hybridized carbons (Fsp3) is 0.0588. The molecule has 0 spiro atoms. The molecule has 3 rings (SSSR count). The zero-order valence-electron chi connectivity index (χ0n) is 11.6. The second kappa shape index (κ2) is 5.94. The fourth-order valence-electron chi connectivity index (χ4n) is 2.07. The number of hydrogen-bond donors (Lipinski definition) is 0. The molecule has 0 saturated heterocycles. The van der Waals surface area contributed by atoms with Crippen molar-refractivity contribution < 1.29 is 0 Å². The van der Waals surface area contributed by atoms with Gasteiger partial charge in [-0.15, -0.1) is 0 Å². The molecule has 0 unspecified atom stereocenters. The van der Waals surface area contributed by atoms with Crippen LogP contribution < -0.4 is 4.90 Å². The van der Waals surface area contributed by atoms with Crippen LogP contribution in [0.25, 0.3) is 0 Å². The van der Waals surface area contributed by atoms with Crippen LogP contribution in [0, 0.1) is 6.92 Å². The van der Waals surface area contributed by atoms with E-state index in [0.29, 0.717) is 11.0 Å². The van der Waals surface area contributed by atoms with Crippen LogP contribution in [0.1, 0.15) is 5.56 Å². The van der Waals surface area contributed by atoms with Crippen LogP contribution in [0.2, 0.25) is 5.02 Å². The Morgan fingerprint density at radius 2 is 1.52 bits per heavy atom. The maximum Gasteiger partial charge on any atom is 0.234 e. The lowest BCUT2D eigenvalue weighted by Gasteiger charge is -2.23. The molecular formula is C17H14ClN3. The van der Waals surface area contributed by atoms with E-state index in [0.717, 1.165) is 16.9 Å². The zero-order chi connectivity index (χ0) is 14.7. The van der Waals surface area contributed by atoms with Crippen molar-refractivity contribution in [1.29, 1.82) is 0 Å². The highest BCUT2D eigenvalue weighted by molar-refractivity contribution is 6.30. The first-order valence-electron chi connectivity index (χ1n) is 6.63. The van der Waals surface area contributed by atoms with Crippen LogP contribution in [0.15, 0.2) is 67.0 Å². The van der Waals surface area contributed by atoms with Gasteiger partial charge >= 0.3 is 0 Å². The van der Waals surface area contributed by atoms with E-state index in [-0.39, 0.29) is 0 Å². The van der Waals surface area contributed by atoms with Gasteiger partial charge in [0.2, 0.25) is 5.95 Å². The van der Waals surface area contributed by atoms with Crippen LogP contribution in [-0.4, -0.2) is 9.97 Å². The maximum atomic E-state index is 6.12. The lowest BCUT2D eigenvalue weighted by Crippen LogP contribution is -2.13. The van der Waals surface area contributed by atoms with Crippen molar-refractivity contribution in [3.05, 3.63) is 77.6 Å². The van der Waals surface area contributed by atoms with E-state index in [9.17, 15) is 0 Å². The molecule has 0 aliphatic carbocycles. The highest BCUT2D eigenvalue weighted by Gasteiger charge is 2.14. The average molecular weight is 296 g/mol. The summed E-state index contributed by atoms with van der Waals surface area (Å²) in [4.78, 5) is 10.8. The molecule has 0 bridgehead atoms. The first-order chi connectivity index (χ1) is 10.2. The average Bonchev–Trinajstić information content (AvgIpc) is 2.51. The van der Waals surface area contributed by atoms with Gasteiger partial charge in [0.25, 0.3) is 0 Å². The summed E-state index contributed by atoms with van der Waals surface area (Å²) in [5.74, 6) is 0.620. The van der Waals surface area contributed by atoms with Gasteiger partial charge in [0.1, 0.15) is 0 Å². The third-order valence-corrected chi connectivity index (χ3v) is 3.28. The Labute approximate surface area is 128 Å². The smallest absolute Gasteiger partial charge is 0.234 e. The molecule has 0 amide bonds. The Bertz CT molecular complexity index is 727. The number of anilines is 3. The Hall–Kier alpha value is -2.39. The minimum Gasteiger partial charge on any atom is -0.279 e. The SMILES string of the molecule is Cc1cnc(N(c2ccccc2)c2cccc(Cl)c2)nc1. The second-order valence-electron chi connectivity index (χ2n) is 4.71. The Morgan fingerprint density at radius 3 is 2.19 bits per heavy atom. The summed E-state index contributed by atoms with van der Waals surface area (Å²) < 4.78 is 0. The van der Waals surface area contributed by atoms with E-state index >= 15 is 0 Å². The maximum absolute atomic E-state index is 6.12. The quantitative estimate of drug-likeness (QED) is 0.687. The molecule has 104 valence electrons. The summed E-state index contributed by atoms with van der Waals surface area (Å²) in [6.45, 7) is 1.97. The van der Waals surface area contributed by atoms with Gasteiger partial charge in [0.15, 0.2) is 0 Å². The fourth-order valence-corrected chi connectivity index (χ4v) is 2.26. The van der Waals surface area contributed by atoms with Gasteiger partial charge < -0.3 is 0 Å². The number of aryl methyl sites for hydroxylation is 1. The minimum absolute atomic E-state index is 0.620. The Kier molecular flexibility index (Phi) is 3.84. The van der Waals surface area contributed by atoms with E-state index in [1.807, 2.05) is 78.8 Å². The molecule has 0 fully saturated rings. The molecule has 0 aliphatic heterocycles. The number of benzene rings is 2. The molecule has 0 atom stereocenters. The van der Waals surface area contributed by atoms with Crippen LogP contribution in [0.4, 0.5) is 17.3 Å².